The van der Waals surface area contributed by atoms with Crippen LogP contribution < -0.4 is 5.32 Å². The number of nitrogens with one attached hydrogen (secondary N) is 1. The largest absolute Gasteiger partial charge is 0.464 e. The summed E-state index contributed by atoms with van der Waals surface area (Å²) in [5.74, 6) is -0.989. The summed E-state index contributed by atoms with van der Waals surface area (Å²) in [6.45, 7) is 7.16. The molecular weight excluding hydrogens is 408 g/mol. The van der Waals surface area contributed by atoms with Crippen LogP contribution in [0.4, 0.5) is 4.79 Å². The molecule has 2 aromatic rings. The van der Waals surface area contributed by atoms with Gasteiger partial charge < -0.3 is 14.8 Å². The molecular formula is C25H32N2O5. The van der Waals surface area contributed by atoms with Crippen molar-refractivity contribution in [2.24, 2.45) is 0 Å². The summed E-state index contributed by atoms with van der Waals surface area (Å²) in [6.07, 6.45) is -0.316. The number of carbonyl (C=O) groups excluding carboxylic acids is 3. The van der Waals surface area contributed by atoms with Gasteiger partial charge in [0.2, 0.25) is 5.91 Å². The van der Waals surface area contributed by atoms with E-state index in [0.29, 0.717) is 0 Å². The van der Waals surface area contributed by atoms with Crippen LogP contribution in [0.2, 0.25) is 0 Å². The Hall–Kier alpha value is -3.35. The molecule has 0 aromatic heterocycles. The highest BCUT2D eigenvalue weighted by molar-refractivity contribution is 5.87. The fourth-order valence-electron chi connectivity index (χ4n) is 3.01. The minimum Gasteiger partial charge on any atom is -0.464 e. The highest BCUT2D eigenvalue weighted by atomic mass is 16.6. The van der Waals surface area contributed by atoms with Crippen molar-refractivity contribution < 1.29 is 23.9 Å². The van der Waals surface area contributed by atoms with Gasteiger partial charge >= 0.3 is 12.1 Å². The molecule has 0 saturated heterocycles. The normalized spacial score (nSPS) is 11.9. The first-order valence-electron chi connectivity index (χ1n) is 10.7. The maximum Gasteiger partial charge on any atom is 0.411 e. The lowest BCUT2D eigenvalue weighted by molar-refractivity contribution is -0.147. The van der Waals surface area contributed by atoms with E-state index >= 15 is 0 Å². The Bertz CT molecular complexity index is 878. The highest BCUT2D eigenvalue weighted by Crippen LogP contribution is 2.13. The first kappa shape index (κ1) is 24.9. The molecule has 0 spiro atoms. The zero-order valence-corrected chi connectivity index (χ0v) is 19.2. The predicted molar refractivity (Wildman–Crippen MR) is 122 cm³/mol. The third-order valence-corrected chi connectivity index (χ3v) is 4.39. The van der Waals surface area contributed by atoms with Crippen LogP contribution in [0.3, 0.4) is 0 Å². The lowest BCUT2D eigenvalue weighted by Crippen LogP contribution is -2.49. The lowest BCUT2D eigenvalue weighted by atomic mass is 10.1. The topological polar surface area (TPSA) is 84.9 Å². The van der Waals surface area contributed by atoms with E-state index in [1.165, 1.54) is 4.90 Å². The van der Waals surface area contributed by atoms with E-state index in [1.54, 1.807) is 27.7 Å². The molecule has 32 heavy (non-hydrogen) atoms. The van der Waals surface area contributed by atoms with Gasteiger partial charge in [-0.25, -0.2) is 9.59 Å². The summed E-state index contributed by atoms with van der Waals surface area (Å²) in [6, 6.07) is 17.8. The van der Waals surface area contributed by atoms with E-state index in [1.807, 2.05) is 60.7 Å². The van der Waals surface area contributed by atoms with Crippen molar-refractivity contribution in [3.63, 3.8) is 0 Å². The molecule has 0 saturated carbocycles. The van der Waals surface area contributed by atoms with Crippen molar-refractivity contribution in [2.45, 2.75) is 52.3 Å². The molecule has 0 aliphatic carbocycles. The lowest BCUT2D eigenvalue weighted by Gasteiger charge is -2.27. The van der Waals surface area contributed by atoms with Crippen molar-refractivity contribution in [1.29, 1.82) is 0 Å². The number of carbonyl (C=O) groups is 3. The summed E-state index contributed by atoms with van der Waals surface area (Å²) >= 11 is 0. The number of esters is 1. The third kappa shape index (κ3) is 8.79. The quantitative estimate of drug-likeness (QED) is 0.601. The van der Waals surface area contributed by atoms with Gasteiger partial charge in [0, 0.05) is 13.0 Å². The second kappa shape index (κ2) is 11.9. The Morgan fingerprint density at radius 1 is 0.938 bits per heavy atom. The third-order valence-electron chi connectivity index (χ3n) is 4.39. The van der Waals surface area contributed by atoms with Crippen molar-refractivity contribution >= 4 is 18.0 Å². The van der Waals surface area contributed by atoms with Crippen molar-refractivity contribution in [1.82, 2.24) is 10.2 Å². The molecule has 0 heterocycles. The Morgan fingerprint density at radius 3 is 2.03 bits per heavy atom. The first-order valence-corrected chi connectivity index (χ1v) is 10.7. The molecule has 7 heteroatoms. The molecule has 172 valence electrons. The van der Waals surface area contributed by atoms with Gasteiger partial charge in [-0.3, -0.25) is 9.69 Å². The molecule has 2 aromatic carbocycles. The molecule has 0 aliphatic rings. The molecule has 1 unspecified atom stereocenters. The summed E-state index contributed by atoms with van der Waals surface area (Å²) in [5.41, 5.74) is 1.04. The molecule has 7 nitrogen and oxygen atoms in total. The zero-order chi connectivity index (χ0) is 23.6. The fraction of sp³-hybridized carbons (Fsp3) is 0.400. The molecule has 0 fully saturated rings. The summed E-state index contributed by atoms with van der Waals surface area (Å²) in [5, 5.41) is 2.72. The number of benzene rings is 2. The van der Waals surface area contributed by atoms with E-state index in [0.717, 1.165) is 11.1 Å². The van der Waals surface area contributed by atoms with Crippen LogP contribution in [-0.2, 0) is 32.0 Å². The smallest absolute Gasteiger partial charge is 0.411 e. The van der Waals surface area contributed by atoms with Gasteiger partial charge in [0.05, 0.1) is 6.61 Å². The van der Waals surface area contributed by atoms with E-state index < -0.39 is 29.6 Å². The minimum absolute atomic E-state index is 0.200. The summed E-state index contributed by atoms with van der Waals surface area (Å²) < 4.78 is 10.6. The van der Waals surface area contributed by atoms with E-state index in [9.17, 15) is 14.4 Å². The number of hydrogen-bond acceptors (Lipinski definition) is 5. The summed E-state index contributed by atoms with van der Waals surface area (Å²) in [4.78, 5) is 39.4. The minimum atomic E-state index is -0.859. The molecule has 0 aliphatic heterocycles. The Balaban J connectivity index is 2.13. The Morgan fingerprint density at radius 2 is 1.50 bits per heavy atom. The van der Waals surface area contributed by atoms with Gasteiger partial charge in [-0.1, -0.05) is 60.7 Å². The van der Waals surface area contributed by atoms with Crippen LogP contribution in [0, 0.1) is 0 Å². The van der Waals surface area contributed by atoms with Crippen LogP contribution in [-0.4, -0.2) is 47.7 Å². The first-order chi connectivity index (χ1) is 15.2. The number of hydrogen-bond donors (Lipinski definition) is 1. The van der Waals surface area contributed by atoms with Gasteiger partial charge in [0.1, 0.15) is 18.2 Å². The van der Waals surface area contributed by atoms with Gasteiger partial charge in [-0.2, -0.15) is 0 Å². The van der Waals surface area contributed by atoms with Crippen molar-refractivity contribution in [2.75, 3.05) is 13.2 Å². The molecule has 1 atom stereocenters. The fourth-order valence-corrected chi connectivity index (χ4v) is 3.01. The Labute approximate surface area is 189 Å². The highest BCUT2D eigenvalue weighted by Gasteiger charge is 2.27. The van der Waals surface area contributed by atoms with Gasteiger partial charge in [0.25, 0.3) is 0 Å². The van der Waals surface area contributed by atoms with Crippen molar-refractivity contribution in [3.05, 3.63) is 71.8 Å². The van der Waals surface area contributed by atoms with E-state index in [-0.39, 0.29) is 26.1 Å². The van der Waals surface area contributed by atoms with Crippen LogP contribution in [0.15, 0.2) is 60.7 Å². The molecule has 0 radical (unpaired) electrons. The average molecular weight is 441 g/mol. The number of rotatable bonds is 9. The van der Waals surface area contributed by atoms with Crippen LogP contribution in [0.1, 0.15) is 38.8 Å². The molecule has 2 amide bonds. The van der Waals surface area contributed by atoms with Gasteiger partial charge in [-0.15, -0.1) is 0 Å². The van der Waals surface area contributed by atoms with Gasteiger partial charge in [0.15, 0.2) is 0 Å². The number of ether oxygens (including phenoxy) is 2. The molecule has 1 N–H and O–H groups in total. The molecule has 0 bridgehead atoms. The van der Waals surface area contributed by atoms with Crippen LogP contribution >= 0.6 is 0 Å². The zero-order valence-electron chi connectivity index (χ0n) is 19.2. The Kier molecular flexibility index (Phi) is 9.25. The van der Waals surface area contributed by atoms with Crippen molar-refractivity contribution in [3.8, 4) is 0 Å². The standard InChI is InChI=1S/C25H32N2O5/c1-5-31-23(29)21(16-19-12-8-6-9-13-19)26-22(28)18-27(24(30)32-25(2,3)4)17-20-14-10-7-11-15-20/h6-15,21H,5,16-18H2,1-4H3,(H,26,28). The second-order valence-electron chi connectivity index (χ2n) is 8.38. The monoisotopic (exact) mass is 440 g/mol. The van der Waals surface area contributed by atoms with Crippen LogP contribution in [0.5, 0.6) is 0 Å². The SMILES string of the molecule is CCOC(=O)C(Cc1ccccc1)NC(=O)CN(Cc1ccccc1)C(=O)OC(C)(C)C. The maximum atomic E-state index is 12.9. The van der Waals surface area contributed by atoms with Gasteiger partial charge in [-0.05, 0) is 38.8 Å². The van der Waals surface area contributed by atoms with E-state index in [2.05, 4.69) is 5.32 Å². The molecule has 2 rings (SSSR count). The summed E-state index contributed by atoms with van der Waals surface area (Å²) in [7, 11) is 0. The number of nitrogens with zero attached hydrogens (tertiary/aromatic N) is 1. The second-order valence-corrected chi connectivity index (χ2v) is 8.38. The maximum absolute atomic E-state index is 12.9. The predicted octanol–water partition coefficient (Wildman–Crippen LogP) is 3.71. The van der Waals surface area contributed by atoms with Crippen LogP contribution in [0.25, 0.3) is 0 Å². The average Bonchev–Trinajstić information content (AvgIpc) is 2.73. The van der Waals surface area contributed by atoms with E-state index in [4.69, 9.17) is 9.47 Å². The number of amides is 2.